The fraction of sp³-hybridized carbons (Fsp3) is 0.528. The highest BCUT2D eigenvalue weighted by atomic mass is 28.3. The predicted octanol–water partition coefficient (Wildman–Crippen LogP) is 7.48. The lowest BCUT2D eigenvalue weighted by Crippen LogP contribution is -2.53. The zero-order valence-electron chi connectivity index (χ0n) is 31.2. The van der Waals surface area contributed by atoms with Gasteiger partial charge in [0.25, 0.3) is 0 Å². The van der Waals surface area contributed by atoms with Gasteiger partial charge in [0.2, 0.25) is 11.9 Å². The van der Waals surface area contributed by atoms with Gasteiger partial charge in [0.1, 0.15) is 23.7 Å². The highest BCUT2D eigenvalue weighted by Gasteiger charge is 2.38. The number of nitrogens with zero attached hydrogens (tertiary/aromatic N) is 5. The number of halogens is 3. The Hall–Kier alpha value is -4.44. The third kappa shape index (κ3) is 9.13. The number of fused-ring (bicyclic) bond motifs is 1. The average molecular weight is 744 g/mol. The van der Waals surface area contributed by atoms with Gasteiger partial charge in [-0.05, 0) is 58.7 Å². The molecule has 0 bridgehead atoms. The van der Waals surface area contributed by atoms with Gasteiger partial charge < -0.3 is 34.1 Å². The van der Waals surface area contributed by atoms with Gasteiger partial charge in [-0.1, -0.05) is 36.9 Å². The molecule has 2 N–H and O–H groups in total. The van der Waals surface area contributed by atoms with Crippen LogP contribution in [0.3, 0.4) is 0 Å². The maximum Gasteiger partial charge on any atom is 0.419 e. The Labute approximate surface area is 302 Å². The van der Waals surface area contributed by atoms with Gasteiger partial charge in [0, 0.05) is 69.8 Å². The highest BCUT2D eigenvalue weighted by molar-refractivity contribution is 6.76. The second kappa shape index (κ2) is 14.9. The van der Waals surface area contributed by atoms with Crippen LogP contribution < -0.4 is 10.6 Å². The lowest BCUT2D eigenvalue weighted by Gasteiger charge is -2.38. The number of likely N-dealkylation sites (tertiary alicyclic amines) is 1. The number of benzene rings is 1. The van der Waals surface area contributed by atoms with E-state index in [1.165, 1.54) is 11.9 Å². The van der Waals surface area contributed by atoms with Crippen molar-refractivity contribution in [3.63, 3.8) is 0 Å². The van der Waals surface area contributed by atoms with Crippen LogP contribution in [0.15, 0.2) is 35.1 Å². The molecule has 0 aliphatic carbocycles. The highest BCUT2D eigenvalue weighted by Crippen LogP contribution is 2.41. The van der Waals surface area contributed by atoms with Crippen molar-refractivity contribution in [3.8, 4) is 22.4 Å². The summed E-state index contributed by atoms with van der Waals surface area (Å²) in [6.07, 6.45) is -2.68. The second-order valence-corrected chi connectivity index (χ2v) is 21.1. The molecule has 1 aliphatic rings. The maximum atomic E-state index is 14.6. The van der Waals surface area contributed by atoms with Gasteiger partial charge in [-0.15, -0.1) is 0 Å². The van der Waals surface area contributed by atoms with Gasteiger partial charge in [-0.25, -0.2) is 14.8 Å². The Morgan fingerprint density at radius 3 is 2.46 bits per heavy atom. The molecule has 2 amide bonds. The van der Waals surface area contributed by atoms with Crippen LogP contribution in [0, 0.1) is 19.8 Å². The number of amides is 2. The molecule has 1 saturated heterocycles. The third-order valence-corrected chi connectivity index (χ3v) is 10.5. The first-order valence-corrected chi connectivity index (χ1v) is 21.0. The SMILES string of the molecule is CNC(=O)[C@@H]1C[C@H](Nc2ncc(C(F)(F)F)c(-c3cn(COCC[Si](C)(C)C)c4cc(-c5c(C)noc5C)ccc34)n2)CN(C(=O)OC(C)(C)C)C1. The van der Waals surface area contributed by atoms with Crippen LogP contribution in [-0.2, 0) is 27.2 Å². The topological polar surface area (TPSA) is 137 Å². The number of rotatable bonds is 10. The number of piperidine rings is 1. The van der Waals surface area contributed by atoms with Crippen molar-refractivity contribution in [2.45, 2.75) is 91.3 Å². The summed E-state index contributed by atoms with van der Waals surface area (Å²) in [7, 11) is 0.114. The molecule has 0 unspecified atom stereocenters. The van der Waals surface area contributed by atoms with Crippen molar-refractivity contribution in [1.82, 2.24) is 29.9 Å². The largest absolute Gasteiger partial charge is 0.444 e. The maximum absolute atomic E-state index is 14.6. The molecule has 4 aromatic rings. The van der Waals surface area contributed by atoms with E-state index in [1.54, 1.807) is 37.6 Å². The minimum absolute atomic E-state index is 0.0747. The first kappa shape index (κ1) is 38.8. The zero-order chi connectivity index (χ0) is 38.2. The van der Waals surface area contributed by atoms with Crippen LogP contribution in [0.4, 0.5) is 23.9 Å². The van der Waals surface area contributed by atoms with Crippen LogP contribution in [0.1, 0.15) is 44.2 Å². The van der Waals surface area contributed by atoms with Crippen molar-refractivity contribution in [3.05, 3.63) is 47.6 Å². The van der Waals surface area contributed by atoms with Gasteiger partial charge in [-0.2, -0.15) is 13.2 Å². The summed E-state index contributed by atoms with van der Waals surface area (Å²) < 4.78 is 62.7. The number of nitrogens with one attached hydrogen (secondary N) is 2. The van der Waals surface area contributed by atoms with Crippen LogP contribution in [0.2, 0.25) is 25.7 Å². The molecule has 1 aliphatic heterocycles. The predicted molar refractivity (Wildman–Crippen MR) is 194 cm³/mol. The summed E-state index contributed by atoms with van der Waals surface area (Å²) >= 11 is 0. The van der Waals surface area contributed by atoms with Crippen LogP contribution in [-0.4, -0.2) is 83.1 Å². The standard InChI is InChI=1S/C36H48F3N7O5Si/c1-21-30(22(2)51-44-21)23-10-11-26-27(19-46(29(26)15-23)20-49-12-13-52(7,8)9)31-28(36(37,38)39)16-41-33(43-31)42-25-14-24(32(47)40-6)17-45(18-25)34(48)50-35(3,4)5/h10-11,15-16,19,24-25H,12-14,17-18,20H2,1-9H3,(H,40,47)(H,41,42,43)/t24-,25+/m1/s1. The lowest BCUT2D eigenvalue weighted by molar-refractivity contribution is -0.137. The molecule has 1 aromatic carbocycles. The van der Waals surface area contributed by atoms with E-state index >= 15 is 0 Å². The summed E-state index contributed by atoms with van der Waals surface area (Å²) in [4.78, 5) is 35.7. The second-order valence-electron chi connectivity index (χ2n) is 15.5. The fourth-order valence-corrected chi connectivity index (χ4v) is 7.06. The van der Waals surface area contributed by atoms with Crippen molar-refractivity contribution in [2.75, 3.05) is 32.1 Å². The number of alkyl halides is 3. The van der Waals surface area contributed by atoms with E-state index in [2.05, 4.69) is 45.4 Å². The van der Waals surface area contributed by atoms with E-state index in [9.17, 15) is 22.8 Å². The van der Waals surface area contributed by atoms with E-state index < -0.39 is 43.5 Å². The minimum Gasteiger partial charge on any atom is -0.444 e. The Morgan fingerprint density at radius 2 is 1.85 bits per heavy atom. The minimum atomic E-state index is -4.77. The molecule has 5 rings (SSSR count). The zero-order valence-corrected chi connectivity index (χ0v) is 32.2. The Bertz CT molecular complexity index is 1910. The number of hydrogen-bond acceptors (Lipinski definition) is 9. The van der Waals surface area contributed by atoms with Crippen LogP contribution in [0.25, 0.3) is 33.3 Å². The number of carbonyl (C=O) groups is 2. The van der Waals surface area contributed by atoms with E-state index in [1.807, 2.05) is 26.0 Å². The first-order valence-electron chi connectivity index (χ1n) is 17.3. The van der Waals surface area contributed by atoms with E-state index in [0.717, 1.165) is 23.4 Å². The normalized spacial score (nSPS) is 17.0. The van der Waals surface area contributed by atoms with Gasteiger partial charge >= 0.3 is 12.3 Å². The Morgan fingerprint density at radius 1 is 1.12 bits per heavy atom. The lowest BCUT2D eigenvalue weighted by atomic mass is 9.93. The van der Waals surface area contributed by atoms with E-state index in [4.69, 9.17) is 14.0 Å². The molecule has 282 valence electrons. The molecule has 16 heteroatoms. The summed E-state index contributed by atoms with van der Waals surface area (Å²) in [5.41, 5.74) is 1.11. The molecule has 12 nitrogen and oxygen atoms in total. The summed E-state index contributed by atoms with van der Waals surface area (Å²) in [5, 5.41) is 10.3. The molecule has 3 aromatic heterocycles. The first-order chi connectivity index (χ1) is 24.2. The quantitative estimate of drug-likeness (QED) is 0.125. The number of carbonyl (C=O) groups excluding carboxylic acids is 2. The molecule has 0 saturated carbocycles. The van der Waals surface area contributed by atoms with E-state index in [-0.39, 0.29) is 49.4 Å². The summed E-state index contributed by atoms with van der Waals surface area (Å²) in [6, 6.07) is 5.86. The molecule has 2 atom stereocenters. The Kier molecular flexibility index (Phi) is 11.1. The van der Waals surface area contributed by atoms with Gasteiger partial charge in [-0.3, -0.25) is 4.79 Å². The van der Waals surface area contributed by atoms with Crippen molar-refractivity contribution in [1.29, 1.82) is 0 Å². The summed E-state index contributed by atoms with van der Waals surface area (Å²) in [6.45, 7) is 16.5. The van der Waals surface area contributed by atoms with Crippen molar-refractivity contribution < 1.29 is 36.8 Å². The number of anilines is 1. The molecule has 52 heavy (non-hydrogen) atoms. The van der Waals surface area contributed by atoms with Crippen molar-refractivity contribution in [2.24, 2.45) is 5.92 Å². The van der Waals surface area contributed by atoms with Gasteiger partial charge in [0.15, 0.2) is 0 Å². The van der Waals surface area contributed by atoms with Crippen molar-refractivity contribution >= 4 is 36.9 Å². The molecule has 4 heterocycles. The van der Waals surface area contributed by atoms with Crippen LogP contribution in [0.5, 0.6) is 0 Å². The third-order valence-electron chi connectivity index (χ3n) is 8.83. The smallest absolute Gasteiger partial charge is 0.419 e. The number of aromatic nitrogens is 4. The Balaban J connectivity index is 1.56. The number of ether oxygens (including phenoxy) is 2. The molecule has 0 radical (unpaired) electrons. The molecular formula is C36H48F3N7O5Si. The van der Waals surface area contributed by atoms with Crippen LogP contribution >= 0.6 is 0 Å². The summed E-state index contributed by atoms with van der Waals surface area (Å²) in [5.74, 6) is -0.318. The number of aryl methyl sites for hydroxylation is 2. The average Bonchev–Trinajstić information content (AvgIpc) is 3.58. The molecular weight excluding hydrogens is 696 g/mol. The molecule has 1 fully saturated rings. The molecule has 0 spiro atoms. The monoisotopic (exact) mass is 743 g/mol. The number of hydrogen-bond donors (Lipinski definition) is 2. The fourth-order valence-electron chi connectivity index (χ4n) is 6.30. The van der Waals surface area contributed by atoms with E-state index in [0.29, 0.717) is 29.0 Å². The van der Waals surface area contributed by atoms with Gasteiger partial charge in [0.05, 0.1) is 22.8 Å².